The van der Waals surface area contributed by atoms with Crippen molar-refractivity contribution in [1.82, 2.24) is 9.78 Å². The average molecular weight is 308 g/mol. The third kappa shape index (κ3) is 2.93. The third-order valence-corrected chi connectivity index (χ3v) is 3.50. The molecule has 1 aromatic heterocycles. The summed E-state index contributed by atoms with van der Waals surface area (Å²) in [7, 11) is 1.98. The minimum atomic E-state index is 0.798. The molecule has 0 spiro atoms. The number of benzene rings is 1. The molecule has 0 unspecified atom stereocenters. The Morgan fingerprint density at radius 3 is 2.72 bits per heavy atom. The molecular formula is C14H18BrN3. The van der Waals surface area contributed by atoms with Crippen molar-refractivity contribution in [1.29, 1.82) is 0 Å². The van der Waals surface area contributed by atoms with Crippen LogP contribution in [-0.4, -0.2) is 9.78 Å². The molecule has 0 aliphatic heterocycles. The van der Waals surface area contributed by atoms with E-state index in [0.717, 1.165) is 23.1 Å². The van der Waals surface area contributed by atoms with E-state index in [9.17, 15) is 0 Å². The highest BCUT2D eigenvalue weighted by Gasteiger charge is 2.04. The zero-order valence-corrected chi connectivity index (χ0v) is 12.6. The summed E-state index contributed by atoms with van der Waals surface area (Å²) in [6, 6.07) is 8.45. The Labute approximate surface area is 116 Å². The Kier molecular flexibility index (Phi) is 4.07. The molecule has 2 aromatic rings. The van der Waals surface area contributed by atoms with Gasteiger partial charge in [0.25, 0.3) is 0 Å². The van der Waals surface area contributed by atoms with Gasteiger partial charge in [-0.3, -0.25) is 4.68 Å². The van der Waals surface area contributed by atoms with Crippen LogP contribution in [0.4, 0.5) is 5.69 Å². The highest BCUT2D eigenvalue weighted by Crippen LogP contribution is 2.22. The number of nitrogens with one attached hydrogen (secondary N) is 1. The van der Waals surface area contributed by atoms with E-state index < -0.39 is 0 Å². The molecule has 0 bridgehead atoms. The molecule has 1 aromatic carbocycles. The van der Waals surface area contributed by atoms with Gasteiger partial charge < -0.3 is 5.32 Å². The first-order valence-corrected chi connectivity index (χ1v) is 6.91. The molecule has 0 saturated carbocycles. The number of aromatic nitrogens is 2. The first kappa shape index (κ1) is 13.1. The third-order valence-electron chi connectivity index (χ3n) is 3.01. The van der Waals surface area contributed by atoms with Crippen LogP contribution in [0.15, 0.2) is 28.7 Å². The predicted molar refractivity (Wildman–Crippen MR) is 78.8 cm³/mol. The lowest BCUT2D eigenvalue weighted by molar-refractivity contribution is 0.713. The SMILES string of the molecule is CCc1cc(Br)ccc1NCc1cc(C)nn1C. The fourth-order valence-electron chi connectivity index (χ4n) is 2.04. The topological polar surface area (TPSA) is 29.9 Å². The molecule has 96 valence electrons. The molecule has 0 aliphatic carbocycles. The maximum absolute atomic E-state index is 4.35. The van der Waals surface area contributed by atoms with Crippen LogP contribution in [0.5, 0.6) is 0 Å². The second kappa shape index (κ2) is 5.57. The van der Waals surface area contributed by atoms with Crippen LogP contribution in [0.2, 0.25) is 0 Å². The number of rotatable bonds is 4. The summed E-state index contributed by atoms with van der Waals surface area (Å²) >= 11 is 3.51. The molecule has 18 heavy (non-hydrogen) atoms. The smallest absolute Gasteiger partial charge is 0.0597 e. The van der Waals surface area contributed by atoms with Crippen LogP contribution in [0.1, 0.15) is 23.9 Å². The van der Waals surface area contributed by atoms with Crippen LogP contribution in [0.3, 0.4) is 0 Å². The van der Waals surface area contributed by atoms with E-state index in [2.05, 4.69) is 57.5 Å². The van der Waals surface area contributed by atoms with Gasteiger partial charge in [0, 0.05) is 17.2 Å². The Morgan fingerprint density at radius 1 is 1.33 bits per heavy atom. The van der Waals surface area contributed by atoms with Crippen LogP contribution in [0, 0.1) is 6.92 Å². The molecule has 1 heterocycles. The van der Waals surface area contributed by atoms with Gasteiger partial charge in [0.2, 0.25) is 0 Å². The van der Waals surface area contributed by atoms with E-state index in [1.807, 2.05) is 18.7 Å². The molecule has 3 nitrogen and oxygen atoms in total. The average Bonchev–Trinajstić information content (AvgIpc) is 2.66. The lowest BCUT2D eigenvalue weighted by Crippen LogP contribution is -2.06. The summed E-state index contributed by atoms with van der Waals surface area (Å²) in [5.41, 5.74) is 4.76. The van der Waals surface area contributed by atoms with Gasteiger partial charge in [0.1, 0.15) is 0 Å². The Morgan fingerprint density at radius 2 is 2.11 bits per heavy atom. The molecule has 4 heteroatoms. The van der Waals surface area contributed by atoms with Crippen molar-refractivity contribution < 1.29 is 0 Å². The molecule has 0 fully saturated rings. The molecule has 0 atom stereocenters. The number of nitrogens with zero attached hydrogens (tertiary/aromatic N) is 2. The molecule has 0 saturated heterocycles. The fourth-order valence-corrected chi connectivity index (χ4v) is 2.45. The van der Waals surface area contributed by atoms with Gasteiger partial charge in [0.05, 0.1) is 17.9 Å². The zero-order chi connectivity index (χ0) is 13.1. The monoisotopic (exact) mass is 307 g/mol. The molecule has 0 aliphatic rings. The van der Waals surface area contributed by atoms with Crippen molar-refractivity contribution in [3.05, 3.63) is 45.7 Å². The summed E-state index contributed by atoms with van der Waals surface area (Å²) in [4.78, 5) is 0. The fraction of sp³-hybridized carbons (Fsp3) is 0.357. The van der Waals surface area contributed by atoms with Gasteiger partial charge >= 0.3 is 0 Å². The summed E-state index contributed by atoms with van der Waals surface area (Å²) < 4.78 is 3.05. The van der Waals surface area contributed by atoms with Gasteiger partial charge in [-0.15, -0.1) is 0 Å². The van der Waals surface area contributed by atoms with Crippen LogP contribution < -0.4 is 5.32 Å². The summed E-state index contributed by atoms with van der Waals surface area (Å²) in [5, 5.41) is 7.83. The molecular weight excluding hydrogens is 290 g/mol. The van der Waals surface area contributed by atoms with Crippen molar-refractivity contribution >= 4 is 21.6 Å². The molecule has 0 amide bonds. The van der Waals surface area contributed by atoms with E-state index in [4.69, 9.17) is 0 Å². The van der Waals surface area contributed by atoms with E-state index in [1.165, 1.54) is 16.9 Å². The van der Waals surface area contributed by atoms with Crippen molar-refractivity contribution in [2.45, 2.75) is 26.8 Å². The van der Waals surface area contributed by atoms with Gasteiger partial charge in [-0.25, -0.2) is 0 Å². The minimum Gasteiger partial charge on any atom is -0.379 e. The van der Waals surface area contributed by atoms with Crippen LogP contribution in [-0.2, 0) is 20.0 Å². The summed E-state index contributed by atoms with van der Waals surface area (Å²) in [6.45, 7) is 4.98. The highest BCUT2D eigenvalue weighted by atomic mass is 79.9. The number of hydrogen-bond donors (Lipinski definition) is 1. The highest BCUT2D eigenvalue weighted by molar-refractivity contribution is 9.10. The summed E-state index contributed by atoms with van der Waals surface area (Å²) in [6.07, 6.45) is 1.02. The van der Waals surface area contributed by atoms with E-state index in [-0.39, 0.29) is 0 Å². The van der Waals surface area contributed by atoms with Crippen molar-refractivity contribution in [2.75, 3.05) is 5.32 Å². The number of hydrogen-bond acceptors (Lipinski definition) is 2. The second-order valence-electron chi connectivity index (χ2n) is 4.41. The van der Waals surface area contributed by atoms with E-state index in [0.29, 0.717) is 0 Å². The standard InChI is InChI=1S/C14H18BrN3/c1-4-11-8-12(15)5-6-14(11)16-9-13-7-10(2)17-18(13)3/h5-8,16H,4,9H2,1-3H3. The predicted octanol–water partition coefficient (Wildman–Crippen LogP) is 3.67. The van der Waals surface area contributed by atoms with E-state index in [1.54, 1.807) is 0 Å². The normalized spacial score (nSPS) is 10.7. The van der Waals surface area contributed by atoms with Crippen LogP contribution in [0.25, 0.3) is 0 Å². The number of anilines is 1. The largest absolute Gasteiger partial charge is 0.379 e. The van der Waals surface area contributed by atoms with Crippen molar-refractivity contribution in [3.63, 3.8) is 0 Å². The second-order valence-corrected chi connectivity index (χ2v) is 5.32. The van der Waals surface area contributed by atoms with E-state index >= 15 is 0 Å². The number of aryl methyl sites for hydroxylation is 3. The number of halogens is 1. The quantitative estimate of drug-likeness (QED) is 0.934. The van der Waals surface area contributed by atoms with Gasteiger partial charge in [-0.1, -0.05) is 22.9 Å². The van der Waals surface area contributed by atoms with Crippen molar-refractivity contribution in [2.24, 2.45) is 7.05 Å². The maximum Gasteiger partial charge on any atom is 0.0597 e. The lowest BCUT2D eigenvalue weighted by atomic mass is 10.1. The molecule has 0 radical (unpaired) electrons. The lowest BCUT2D eigenvalue weighted by Gasteiger charge is -2.11. The van der Waals surface area contributed by atoms with Gasteiger partial charge in [-0.05, 0) is 43.2 Å². The Hall–Kier alpha value is -1.29. The van der Waals surface area contributed by atoms with Gasteiger partial charge in [-0.2, -0.15) is 5.10 Å². The van der Waals surface area contributed by atoms with Crippen molar-refractivity contribution in [3.8, 4) is 0 Å². The van der Waals surface area contributed by atoms with Crippen LogP contribution >= 0.6 is 15.9 Å². The molecule has 1 N–H and O–H groups in total. The first-order chi connectivity index (χ1) is 8.60. The first-order valence-electron chi connectivity index (χ1n) is 6.12. The zero-order valence-electron chi connectivity index (χ0n) is 11.0. The maximum atomic E-state index is 4.35. The Bertz CT molecular complexity index is 546. The minimum absolute atomic E-state index is 0.798. The Balaban J connectivity index is 2.13. The molecule has 2 rings (SSSR count). The van der Waals surface area contributed by atoms with Gasteiger partial charge in [0.15, 0.2) is 0 Å². The summed E-state index contributed by atoms with van der Waals surface area (Å²) in [5.74, 6) is 0.